The molecule has 45 heavy (non-hydrogen) atoms. The predicted molar refractivity (Wildman–Crippen MR) is 176 cm³/mol. The molecule has 0 aliphatic heterocycles. The van der Waals surface area contributed by atoms with Gasteiger partial charge in [-0.05, 0) is 72.5 Å². The van der Waals surface area contributed by atoms with Crippen LogP contribution in [0.5, 0.6) is 0 Å². The Hall–Kier alpha value is -4.21. The molecule has 0 aliphatic rings. The minimum Gasteiger partial charge on any atom is -0.354 e. The van der Waals surface area contributed by atoms with Crippen molar-refractivity contribution in [1.82, 2.24) is 10.2 Å². The molecular weight excluding hydrogens is 613 g/mol. The van der Waals surface area contributed by atoms with Gasteiger partial charge in [0.1, 0.15) is 18.4 Å². The standard InChI is InChI=1S/C35H37ClFN3O4S/c1-25(2)22-38-35(42)33(21-27-8-5-4-6-9-27)39(23-28-10-7-11-29(36)20-28)34(41)24-40(31-16-14-30(37)15-17-31)45(43,44)32-18-12-26(3)13-19-32/h4-20,25,33H,21-24H2,1-3H3,(H,38,42)/t33-/m1/s1. The van der Waals surface area contributed by atoms with Crippen LogP contribution in [-0.4, -0.2) is 44.3 Å². The zero-order chi connectivity index (χ0) is 32.6. The normalized spacial score (nSPS) is 12.0. The molecule has 0 spiro atoms. The lowest BCUT2D eigenvalue weighted by Gasteiger charge is -2.34. The summed E-state index contributed by atoms with van der Waals surface area (Å²) in [6, 6.07) is 26.4. The smallest absolute Gasteiger partial charge is 0.264 e. The molecule has 0 unspecified atom stereocenters. The van der Waals surface area contributed by atoms with Crippen molar-refractivity contribution in [2.45, 2.75) is 44.7 Å². The maximum Gasteiger partial charge on any atom is 0.264 e. The molecule has 0 aliphatic carbocycles. The van der Waals surface area contributed by atoms with Crippen LogP contribution in [0.4, 0.5) is 10.1 Å². The summed E-state index contributed by atoms with van der Waals surface area (Å²) in [5.74, 6) is -1.37. The van der Waals surface area contributed by atoms with Crippen LogP contribution < -0.4 is 9.62 Å². The molecule has 0 aromatic heterocycles. The van der Waals surface area contributed by atoms with Crippen LogP contribution in [0.1, 0.15) is 30.5 Å². The van der Waals surface area contributed by atoms with Crippen molar-refractivity contribution in [3.63, 3.8) is 0 Å². The van der Waals surface area contributed by atoms with Gasteiger partial charge >= 0.3 is 0 Å². The number of anilines is 1. The highest BCUT2D eigenvalue weighted by molar-refractivity contribution is 7.92. The highest BCUT2D eigenvalue weighted by atomic mass is 35.5. The number of amides is 2. The largest absolute Gasteiger partial charge is 0.354 e. The van der Waals surface area contributed by atoms with E-state index in [9.17, 15) is 22.4 Å². The van der Waals surface area contributed by atoms with E-state index in [1.807, 2.05) is 51.1 Å². The third-order valence-electron chi connectivity index (χ3n) is 7.20. The summed E-state index contributed by atoms with van der Waals surface area (Å²) in [6.45, 7) is 5.53. The first-order chi connectivity index (χ1) is 21.4. The van der Waals surface area contributed by atoms with Crippen molar-refractivity contribution < 1.29 is 22.4 Å². The molecule has 0 saturated carbocycles. The van der Waals surface area contributed by atoms with Crippen LogP contribution in [0.3, 0.4) is 0 Å². The maximum atomic E-state index is 14.4. The van der Waals surface area contributed by atoms with Gasteiger partial charge in [-0.2, -0.15) is 0 Å². The lowest BCUT2D eigenvalue weighted by Crippen LogP contribution is -2.53. The molecule has 0 fully saturated rings. The molecule has 2 amide bonds. The van der Waals surface area contributed by atoms with E-state index in [0.717, 1.165) is 27.6 Å². The first-order valence-corrected chi connectivity index (χ1v) is 16.5. The van der Waals surface area contributed by atoms with E-state index >= 15 is 0 Å². The predicted octanol–water partition coefficient (Wildman–Crippen LogP) is 6.40. The zero-order valence-electron chi connectivity index (χ0n) is 25.5. The van der Waals surface area contributed by atoms with Crippen molar-refractivity contribution in [3.8, 4) is 0 Å². The lowest BCUT2D eigenvalue weighted by atomic mass is 10.0. The van der Waals surface area contributed by atoms with Crippen LogP contribution >= 0.6 is 11.6 Å². The van der Waals surface area contributed by atoms with E-state index in [1.165, 1.54) is 29.2 Å². The van der Waals surface area contributed by atoms with Crippen molar-refractivity contribution in [2.24, 2.45) is 5.92 Å². The third-order valence-corrected chi connectivity index (χ3v) is 9.22. The van der Waals surface area contributed by atoms with Gasteiger partial charge < -0.3 is 10.2 Å². The van der Waals surface area contributed by atoms with E-state index in [4.69, 9.17) is 11.6 Å². The van der Waals surface area contributed by atoms with Gasteiger partial charge in [0.15, 0.2) is 0 Å². The van der Waals surface area contributed by atoms with Crippen molar-refractivity contribution in [3.05, 3.63) is 131 Å². The molecule has 4 aromatic rings. The van der Waals surface area contributed by atoms with Gasteiger partial charge in [0.05, 0.1) is 10.6 Å². The minimum atomic E-state index is -4.28. The Morgan fingerprint density at radius 1 is 0.867 bits per heavy atom. The molecule has 4 aromatic carbocycles. The molecule has 0 bridgehead atoms. The summed E-state index contributed by atoms with van der Waals surface area (Å²) < 4.78 is 42.9. The van der Waals surface area contributed by atoms with Gasteiger partial charge in [-0.15, -0.1) is 0 Å². The Bertz CT molecular complexity index is 1700. The average molecular weight is 650 g/mol. The Morgan fingerprint density at radius 3 is 2.13 bits per heavy atom. The molecule has 0 heterocycles. The topological polar surface area (TPSA) is 86.8 Å². The van der Waals surface area contributed by atoms with E-state index in [-0.39, 0.29) is 35.4 Å². The number of rotatable bonds is 13. The number of sulfonamides is 1. The number of hydrogen-bond donors (Lipinski definition) is 1. The highest BCUT2D eigenvalue weighted by Crippen LogP contribution is 2.26. The molecule has 0 radical (unpaired) electrons. The molecule has 1 atom stereocenters. The summed E-state index contributed by atoms with van der Waals surface area (Å²) in [6.07, 6.45) is 0.193. The van der Waals surface area contributed by atoms with E-state index < -0.39 is 34.3 Å². The Labute approximate surface area is 269 Å². The van der Waals surface area contributed by atoms with Gasteiger partial charge in [-0.3, -0.25) is 13.9 Å². The zero-order valence-corrected chi connectivity index (χ0v) is 27.1. The summed E-state index contributed by atoms with van der Waals surface area (Å²) in [7, 11) is -4.28. The molecule has 0 saturated heterocycles. The fourth-order valence-electron chi connectivity index (χ4n) is 4.78. The first kappa shape index (κ1) is 33.7. The van der Waals surface area contributed by atoms with Gasteiger partial charge in [-0.25, -0.2) is 12.8 Å². The number of carbonyl (C=O) groups excluding carboxylic acids is 2. The average Bonchev–Trinajstić information content (AvgIpc) is 3.01. The Kier molecular flexibility index (Phi) is 11.4. The highest BCUT2D eigenvalue weighted by Gasteiger charge is 2.34. The Morgan fingerprint density at radius 2 is 1.51 bits per heavy atom. The van der Waals surface area contributed by atoms with Gasteiger partial charge in [0.25, 0.3) is 10.0 Å². The van der Waals surface area contributed by atoms with Gasteiger partial charge in [0.2, 0.25) is 11.8 Å². The lowest BCUT2D eigenvalue weighted by molar-refractivity contribution is -0.140. The molecule has 7 nitrogen and oxygen atoms in total. The second-order valence-corrected chi connectivity index (χ2v) is 13.6. The molecule has 10 heteroatoms. The number of halogens is 2. The molecular formula is C35H37ClFN3O4S. The maximum absolute atomic E-state index is 14.4. The molecule has 4 rings (SSSR count). The Balaban J connectivity index is 1.79. The molecule has 1 N–H and O–H groups in total. The van der Waals surface area contributed by atoms with E-state index in [1.54, 1.807) is 36.4 Å². The quantitative estimate of drug-likeness (QED) is 0.182. The monoisotopic (exact) mass is 649 g/mol. The second-order valence-electron chi connectivity index (χ2n) is 11.3. The fraction of sp³-hybridized carbons (Fsp3) is 0.257. The fourth-order valence-corrected chi connectivity index (χ4v) is 6.41. The van der Waals surface area contributed by atoms with Crippen LogP contribution in [-0.2, 0) is 32.6 Å². The minimum absolute atomic E-state index is 0.00612. The van der Waals surface area contributed by atoms with Crippen LogP contribution in [0.25, 0.3) is 0 Å². The molecule has 236 valence electrons. The van der Waals surface area contributed by atoms with Crippen molar-refractivity contribution in [1.29, 1.82) is 0 Å². The van der Waals surface area contributed by atoms with E-state index in [0.29, 0.717) is 17.1 Å². The van der Waals surface area contributed by atoms with Crippen LogP contribution in [0.15, 0.2) is 108 Å². The van der Waals surface area contributed by atoms with E-state index in [2.05, 4.69) is 5.32 Å². The number of nitrogens with one attached hydrogen (secondary N) is 1. The van der Waals surface area contributed by atoms with Crippen molar-refractivity contribution in [2.75, 3.05) is 17.4 Å². The number of aryl methyl sites for hydroxylation is 1. The summed E-state index contributed by atoms with van der Waals surface area (Å²) in [5.41, 5.74) is 2.47. The van der Waals surface area contributed by atoms with Crippen LogP contribution in [0.2, 0.25) is 5.02 Å². The summed E-state index contributed by atoms with van der Waals surface area (Å²) >= 11 is 6.28. The van der Waals surface area contributed by atoms with Gasteiger partial charge in [-0.1, -0.05) is 85.6 Å². The number of hydrogen-bond acceptors (Lipinski definition) is 4. The SMILES string of the molecule is Cc1ccc(S(=O)(=O)N(CC(=O)N(Cc2cccc(Cl)c2)[C@H](Cc2ccccc2)C(=O)NCC(C)C)c2ccc(F)cc2)cc1. The summed E-state index contributed by atoms with van der Waals surface area (Å²) in [4.78, 5) is 29.6. The number of nitrogens with zero attached hydrogens (tertiary/aromatic N) is 2. The summed E-state index contributed by atoms with van der Waals surface area (Å²) in [5, 5.41) is 3.41. The first-order valence-electron chi connectivity index (χ1n) is 14.6. The van der Waals surface area contributed by atoms with Gasteiger partial charge in [0, 0.05) is 24.5 Å². The third kappa shape index (κ3) is 9.15. The second kappa shape index (κ2) is 15.2. The number of carbonyl (C=O) groups is 2. The van der Waals surface area contributed by atoms with Crippen molar-refractivity contribution >= 4 is 39.1 Å². The van der Waals surface area contributed by atoms with Crippen LogP contribution in [0, 0.1) is 18.7 Å². The number of benzene rings is 4.